The third-order valence-corrected chi connectivity index (χ3v) is 5.71. The zero-order valence-electron chi connectivity index (χ0n) is 18.9. The number of nitrogens with one attached hydrogen (secondary N) is 1. The van der Waals surface area contributed by atoms with E-state index >= 15 is 0 Å². The van der Waals surface area contributed by atoms with E-state index in [-0.39, 0.29) is 5.91 Å². The van der Waals surface area contributed by atoms with Gasteiger partial charge in [0.1, 0.15) is 18.2 Å². The second-order valence-corrected chi connectivity index (χ2v) is 8.01. The lowest BCUT2D eigenvalue weighted by Crippen LogP contribution is -2.13. The van der Waals surface area contributed by atoms with Crippen LogP contribution in [0.5, 0.6) is 5.75 Å². The second-order valence-electron chi connectivity index (χ2n) is 8.01. The molecule has 0 radical (unpaired) electrons. The summed E-state index contributed by atoms with van der Waals surface area (Å²) in [5.74, 6) is 1.76. The average Bonchev–Trinajstić information content (AvgIpc) is 3.21. The van der Waals surface area contributed by atoms with Crippen molar-refractivity contribution < 1.29 is 9.53 Å². The van der Waals surface area contributed by atoms with E-state index in [9.17, 15) is 4.79 Å². The zero-order chi connectivity index (χ0) is 23.5. The Morgan fingerprint density at radius 2 is 1.76 bits per heavy atom. The van der Waals surface area contributed by atoms with Gasteiger partial charge in [-0.1, -0.05) is 36.4 Å². The number of anilines is 1. The maximum Gasteiger partial charge on any atom is 0.256 e. The maximum absolute atomic E-state index is 12.7. The number of fused-ring (bicyclic) bond motifs is 1. The molecule has 0 fully saturated rings. The van der Waals surface area contributed by atoms with E-state index in [1.54, 1.807) is 24.3 Å². The van der Waals surface area contributed by atoms with Crippen LogP contribution in [0.2, 0.25) is 0 Å². The van der Waals surface area contributed by atoms with Crippen molar-refractivity contribution in [3.8, 4) is 17.0 Å². The van der Waals surface area contributed by atoms with Gasteiger partial charge >= 0.3 is 0 Å². The lowest BCUT2D eigenvalue weighted by atomic mass is 10.1. The Bertz CT molecular complexity index is 1460. The first-order valence-corrected chi connectivity index (χ1v) is 10.9. The van der Waals surface area contributed by atoms with Gasteiger partial charge in [0.05, 0.1) is 17.4 Å². The summed E-state index contributed by atoms with van der Waals surface area (Å²) < 4.78 is 7.82. The summed E-state index contributed by atoms with van der Waals surface area (Å²) in [4.78, 5) is 17.1. The van der Waals surface area contributed by atoms with E-state index in [1.165, 1.54) is 0 Å². The number of hydrogen-bond acceptors (Lipinski definition) is 5. The van der Waals surface area contributed by atoms with Crippen LogP contribution in [0, 0.1) is 6.92 Å². The number of benzene rings is 3. The van der Waals surface area contributed by atoms with Gasteiger partial charge in [0.2, 0.25) is 0 Å². The number of aromatic nitrogens is 4. The molecule has 7 nitrogen and oxygen atoms in total. The number of carbonyl (C=O) groups is 1. The number of carbonyl (C=O) groups excluding carboxylic acids is 1. The molecule has 1 N–H and O–H groups in total. The third kappa shape index (κ3) is 4.49. The van der Waals surface area contributed by atoms with Gasteiger partial charge in [0.15, 0.2) is 5.82 Å². The van der Waals surface area contributed by atoms with Crippen molar-refractivity contribution in [1.29, 1.82) is 0 Å². The molecule has 0 saturated carbocycles. The first-order chi connectivity index (χ1) is 16.6. The number of ether oxygens (including phenoxy) is 1. The Balaban J connectivity index is 1.29. The number of imidazole rings is 1. The van der Waals surface area contributed by atoms with E-state index in [0.717, 1.165) is 33.5 Å². The SMILES string of the molecule is Cc1ncc(-c2ccc3nnc(NC(=O)c4ccc(OCc5ccccc5)cc4)cc3c2)n1C. The van der Waals surface area contributed by atoms with E-state index in [4.69, 9.17) is 4.74 Å². The molecule has 3 aromatic carbocycles. The van der Waals surface area contributed by atoms with Gasteiger partial charge < -0.3 is 14.6 Å². The number of nitrogens with zero attached hydrogens (tertiary/aromatic N) is 4. The standard InChI is InChI=1S/C27H23N5O2/c1-18-28-16-25(32(18)2)21-10-13-24-22(14-21)15-26(31-30-24)29-27(33)20-8-11-23(12-9-20)34-17-19-6-4-3-5-7-19/h3-16H,17H2,1-2H3,(H,29,31,33). The summed E-state index contributed by atoms with van der Waals surface area (Å²) in [5, 5.41) is 12.1. The topological polar surface area (TPSA) is 81.9 Å². The molecule has 0 spiro atoms. The van der Waals surface area contributed by atoms with E-state index in [1.807, 2.05) is 79.3 Å². The summed E-state index contributed by atoms with van der Waals surface area (Å²) in [7, 11) is 1.98. The minimum absolute atomic E-state index is 0.262. The quantitative estimate of drug-likeness (QED) is 0.387. The van der Waals surface area contributed by atoms with Gasteiger partial charge in [-0.15, -0.1) is 10.2 Å². The van der Waals surface area contributed by atoms with Crippen LogP contribution in [0.25, 0.3) is 22.2 Å². The normalized spacial score (nSPS) is 10.9. The summed E-state index contributed by atoms with van der Waals surface area (Å²) in [6.07, 6.45) is 1.85. The van der Waals surface area contributed by atoms with Crippen LogP contribution in [0.4, 0.5) is 5.82 Å². The van der Waals surface area contributed by atoms with Crippen LogP contribution in [-0.4, -0.2) is 25.7 Å². The Labute approximate surface area is 197 Å². The molecule has 7 heteroatoms. The minimum atomic E-state index is -0.262. The predicted molar refractivity (Wildman–Crippen MR) is 132 cm³/mol. The molecule has 5 aromatic rings. The highest BCUT2D eigenvalue weighted by Crippen LogP contribution is 2.25. The van der Waals surface area contributed by atoms with Crippen molar-refractivity contribution in [3.05, 3.63) is 102 Å². The Kier molecular flexibility index (Phi) is 5.74. The van der Waals surface area contributed by atoms with Crippen molar-refractivity contribution in [2.24, 2.45) is 7.05 Å². The van der Waals surface area contributed by atoms with Crippen LogP contribution in [-0.2, 0) is 13.7 Å². The molecular formula is C27H23N5O2. The largest absolute Gasteiger partial charge is 0.489 e. The number of amides is 1. The Morgan fingerprint density at radius 1 is 0.971 bits per heavy atom. The Morgan fingerprint density at radius 3 is 2.50 bits per heavy atom. The molecule has 34 heavy (non-hydrogen) atoms. The molecule has 0 saturated heterocycles. The highest BCUT2D eigenvalue weighted by Gasteiger charge is 2.11. The highest BCUT2D eigenvalue weighted by molar-refractivity contribution is 6.04. The zero-order valence-corrected chi connectivity index (χ0v) is 18.9. The van der Waals surface area contributed by atoms with Gasteiger partial charge in [-0.25, -0.2) is 4.98 Å². The van der Waals surface area contributed by atoms with Crippen molar-refractivity contribution in [1.82, 2.24) is 19.7 Å². The fourth-order valence-electron chi connectivity index (χ4n) is 3.67. The minimum Gasteiger partial charge on any atom is -0.489 e. The van der Waals surface area contributed by atoms with Crippen molar-refractivity contribution in [2.45, 2.75) is 13.5 Å². The second kappa shape index (κ2) is 9.15. The molecule has 0 bridgehead atoms. The monoisotopic (exact) mass is 449 g/mol. The molecule has 0 aliphatic rings. The first-order valence-electron chi connectivity index (χ1n) is 10.9. The van der Waals surface area contributed by atoms with Crippen LogP contribution in [0.3, 0.4) is 0 Å². The molecule has 0 aliphatic heterocycles. The summed E-state index contributed by atoms with van der Waals surface area (Å²) in [5.41, 5.74) is 4.37. The average molecular weight is 450 g/mol. The van der Waals surface area contributed by atoms with Crippen LogP contribution in [0.15, 0.2) is 85.1 Å². The molecule has 1 amide bonds. The fraction of sp³-hybridized carbons (Fsp3) is 0.111. The molecule has 2 aromatic heterocycles. The van der Waals surface area contributed by atoms with Crippen molar-refractivity contribution >= 4 is 22.6 Å². The van der Waals surface area contributed by atoms with Gasteiger partial charge in [-0.05, 0) is 55.0 Å². The first kappa shape index (κ1) is 21.3. The lowest BCUT2D eigenvalue weighted by molar-refractivity contribution is 0.102. The molecule has 0 aliphatic carbocycles. The molecule has 168 valence electrons. The molecular weight excluding hydrogens is 426 g/mol. The van der Waals surface area contributed by atoms with Gasteiger partial charge in [-0.2, -0.15) is 0 Å². The molecule has 2 heterocycles. The fourth-order valence-corrected chi connectivity index (χ4v) is 3.67. The third-order valence-electron chi connectivity index (χ3n) is 5.71. The smallest absolute Gasteiger partial charge is 0.256 e. The van der Waals surface area contributed by atoms with Crippen molar-refractivity contribution in [2.75, 3.05) is 5.32 Å². The van der Waals surface area contributed by atoms with Crippen molar-refractivity contribution in [3.63, 3.8) is 0 Å². The molecule has 0 unspecified atom stereocenters. The summed E-state index contributed by atoms with van der Waals surface area (Å²) >= 11 is 0. The Hall–Kier alpha value is -4.52. The number of aryl methyl sites for hydroxylation is 1. The summed E-state index contributed by atoms with van der Waals surface area (Å²) in [6, 6.07) is 24.7. The van der Waals surface area contributed by atoms with Gasteiger partial charge in [0, 0.05) is 23.6 Å². The number of rotatable bonds is 6. The van der Waals surface area contributed by atoms with E-state index in [0.29, 0.717) is 23.7 Å². The molecule has 5 rings (SSSR count). The van der Waals surface area contributed by atoms with Crippen LogP contribution >= 0.6 is 0 Å². The summed E-state index contributed by atoms with van der Waals surface area (Å²) in [6.45, 7) is 2.44. The van der Waals surface area contributed by atoms with Crippen LogP contribution < -0.4 is 10.1 Å². The van der Waals surface area contributed by atoms with E-state index in [2.05, 4.69) is 20.5 Å². The maximum atomic E-state index is 12.7. The van der Waals surface area contributed by atoms with Crippen LogP contribution in [0.1, 0.15) is 21.7 Å². The highest BCUT2D eigenvalue weighted by atomic mass is 16.5. The van der Waals surface area contributed by atoms with E-state index < -0.39 is 0 Å². The predicted octanol–water partition coefficient (Wildman–Crippen LogP) is 5.17. The molecule has 0 atom stereocenters. The number of hydrogen-bond donors (Lipinski definition) is 1. The lowest BCUT2D eigenvalue weighted by Gasteiger charge is -2.09. The van der Waals surface area contributed by atoms with Gasteiger partial charge in [-0.3, -0.25) is 4.79 Å². The van der Waals surface area contributed by atoms with Gasteiger partial charge in [0.25, 0.3) is 5.91 Å².